The van der Waals surface area contributed by atoms with Crippen molar-refractivity contribution >= 4 is 27.7 Å². The molecule has 0 saturated heterocycles. The number of nitrogens with zero attached hydrogens (tertiary/aromatic N) is 4. The molecule has 3 aromatic rings. The first-order valence-corrected chi connectivity index (χ1v) is 11.6. The Morgan fingerprint density at radius 1 is 1.23 bits per heavy atom. The van der Waals surface area contributed by atoms with E-state index in [4.69, 9.17) is 5.14 Å². The maximum Gasteiger partial charge on any atom is 0.238 e. The number of thioether (sulfide) groups is 1. The van der Waals surface area contributed by atoms with E-state index in [-0.39, 0.29) is 10.8 Å². The molecule has 3 rings (SSSR count). The summed E-state index contributed by atoms with van der Waals surface area (Å²) in [7, 11) is -3.71. The fourth-order valence-corrected chi connectivity index (χ4v) is 4.05. The maximum absolute atomic E-state index is 12.4. The summed E-state index contributed by atoms with van der Waals surface area (Å²) in [6, 6.07) is 14.0. The standard InChI is InChI=1S/C19H22N6O3S2/c1-13-4-3-5-16(12-13)25-19(22-23-24-25)29-14(2)18(26)21-11-10-15-6-8-17(9-7-15)30(20,27)28/h3-9,12,14H,10-11H2,1-2H3,(H,21,26)(H2,20,27,28)/t14-/m0/s1. The second-order valence-corrected chi connectivity index (χ2v) is 9.57. The fourth-order valence-electron chi connectivity index (χ4n) is 2.71. The molecule has 9 nitrogen and oxygen atoms in total. The van der Waals surface area contributed by atoms with Crippen molar-refractivity contribution in [2.75, 3.05) is 6.54 Å². The number of benzene rings is 2. The molecule has 0 saturated carbocycles. The fraction of sp³-hybridized carbons (Fsp3) is 0.263. The van der Waals surface area contributed by atoms with Gasteiger partial charge < -0.3 is 5.32 Å². The van der Waals surface area contributed by atoms with Gasteiger partial charge in [-0.05, 0) is 66.1 Å². The van der Waals surface area contributed by atoms with Gasteiger partial charge in [0.1, 0.15) is 0 Å². The quantitative estimate of drug-likeness (QED) is 0.500. The van der Waals surface area contributed by atoms with Crippen LogP contribution in [0, 0.1) is 6.92 Å². The molecule has 11 heteroatoms. The summed E-state index contributed by atoms with van der Waals surface area (Å²) in [6.07, 6.45) is 0.565. The molecule has 0 aliphatic rings. The molecule has 1 atom stereocenters. The number of hydrogen-bond donors (Lipinski definition) is 2. The number of hydrogen-bond acceptors (Lipinski definition) is 7. The Morgan fingerprint density at radius 3 is 2.63 bits per heavy atom. The normalized spacial score (nSPS) is 12.5. The van der Waals surface area contributed by atoms with Gasteiger partial charge in [0.05, 0.1) is 15.8 Å². The summed E-state index contributed by atoms with van der Waals surface area (Å²) >= 11 is 1.27. The zero-order valence-corrected chi connectivity index (χ0v) is 18.2. The Hall–Kier alpha value is -2.76. The van der Waals surface area contributed by atoms with Crippen LogP contribution in [0.25, 0.3) is 5.69 Å². The first-order chi connectivity index (χ1) is 14.2. The van der Waals surface area contributed by atoms with E-state index in [0.717, 1.165) is 16.8 Å². The summed E-state index contributed by atoms with van der Waals surface area (Å²) < 4.78 is 24.2. The zero-order chi connectivity index (χ0) is 21.7. The van der Waals surface area contributed by atoms with Gasteiger partial charge in [-0.25, -0.2) is 13.6 Å². The van der Waals surface area contributed by atoms with Crippen LogP contribution in [0.2, 0.25) is 0 Å². The molecule has 1 aromatic heterocycles. The predicted octanol–water partition coefficient (Wildman–Crippen LogP) is 1.46. The number of aryl methyl sites for hydroxylation is 1. The topological polar surface area (TPSA) is 133 Å². The lowest BCUT2D eigenvalue weighted by atomic mass is 10.1. The van der Waals surface area contributed by atoms with Crippen molar-refractivity contribution in [1.29, 1.82) is 0 Å². The van der Waals surface area contributed by atoms with Gasteiger partial charge in [0.15, 0.2) is 0 Å². The van der Waals surface area contributed by atoms with E-state index < -0.39 is 15.3 Å². The minimum Gasteiger partial charge on any atom is -0.355 e. The molecular formula is C19H22N6O3S2. The van der Waals surface area contributed by atoms with E-state index in [9.17, 15) is 13.2 Å². The van der Waals surface area contributed by atoms with Gasteiger partial charge in [0, 0.05) is 6.54 Å². The number of carbonyl (C=O) groups is 1. The lowest BCUT2D eigenvalue weighted by Crippen LogP contribution is -2.32. The van der Waals surface area contributed by atoms with Crippen molar-refractivity contribution in [1.82, 2.24) is 25.5 Å². The number of nitrogens with one attached hydrogen (secondary N) is 1. The third-order valence-electron chi connectivity index (χ3n) is 4.30. The average molecular weight is 447 g/mol. The number of tetrazole rings is 1. The van der Waals surface area contributed by atoms with Crippen LogP contribution in [0.15, 0.2) is 58.6 Å². The summed E-state index contributed by atoms with van der Waals surface area (Å²) in [5.74, 6) is -0.139. The van der Waals surface area contributed by atoms with Crippen molar-refractivity contribution < 1.29 is 13.2 Å². The van der Waals surface area contributed by atoms with E-state index in [0.29, 0.717) is 18.1 Å². The summed E-state index contributed by atoms with van der Waals surface area (Å²) in [5.41, 5.74) is 2.81. The molecule has 30 heavy (non-hydrogen) atoms. The van der Waals surface area contributed by atoms with Crippen molar-refractivity contribution in [3.05, 3.63) is 59.7 Å². The van der Waals surface area contributed by atoms with Crippen molar-refractivity contribution in [3.63, 3.8) is 0 Å². The lowest BCUT2D eigenvalue weighted by Gasteiger charge is -2.12. The number of amides is 1. The molecule has 2 aromatic carbocycles. The van der Waals surface area contributed by atoms with Crippen LogP contribution in [0.1, 0.15) is 18.1 Å². The number of primary sulfonamides is 1. The van der Waals surface area contributed by atoms with E-state index >= 15 is 0 Å². The van der Waals surface area contributed by atoms with Crippen molar-refractivity contribution in [3.8, 4) is 5.69 Å². The smallest absolute Gasteiger partial charge is 0.238 e. The van der Waals surface area contributed by atoms with Crippen LogP contribution in [0.3, 0.4) is 0 Å². The highest BCUT2D eigenvalue weighted by Crippen LogP contribution is 2.23. The van der Waals surface area contributed by atoms with Crippen molar-refractivity contribution in [2.24, 2.45) is 5.14 Å². The van der Waals surface area contributed by atoms with Gasteiger partial charge in [-0.15, -0.1) is 5.10 Å². The summed E-state index contributed by atoms with van der Waals surface area (Å²) in [6.45, 7) is 4.19. The Labute approximate surface area is 179 Å². The van der Waals surface area contributed by atoms with Gasteiger partial charge >= 0.3 is 0 Å². The minimum atomic E-state index is -3.71. The van der Waals surface area contributed by atoms with Crippen molar-refractivity contribution in [2.45, 2.75) is 35.6 Å². The Balaban J connectivity index is 1.54. The molecule has 3 N–H and O–H groups in total. The highest BCUT2D eigenvalue weighted by molar-refractivity contribution is 8.00. The molecule has 158 valence electrons. The Kier molecular flexibility index (Phi) is 6.85. The molecular weight excluding hydrogens is 424 g/mol. The van der Waals surface area contributed by atoms with Gasteiger partial charge in [-0.1, -0.05) is 36.0 Å². The van der Waals surface area contributed by atoms with Crippen LogP contribution in [-0.2, 0) is 21.2 Å². The summed E-state index contributed by atoms with van der Waals surface area (Å²) in [5, 5.41) is 19.9. The molecule has 0 bridgehead atoms. The van der Waals surface area contributed by atoms with E-state index in [1.165, 1.54) is 23.9 Å². The van der Waals surface area contributed by atoms with E-state index in [2.05, 4.69) is 20.8 Å². The molecule has 0 aliphatic carbocycles. The first kappa shape index (κ1) is 21.9. The number of carbonyl (C=O) groups excluding carboxylic acids is 1. The van der Waals surface area contributed by atoms with Crippen LogP contribution in [0.5, 0.6) is 0 Å². The highest BCUT2D eigenvalue weighted by Gasteiger charge is 2.19. The van der Waals surface area contributed by atoms with Gasteiger partial charge in [0.2, 0.25) is 21.1 Å². The van der Waals surface area contributed by atoms with Crippen LogP contribution in [-0.4, -0.2) is 46.3 Å². The number of sulfonamides is 1. The molecule has 0 spiro atoms. The number of aromatic nitrogens is 4. The number of nitrogens with two attached hydrogens (primary N) is 1. The second kappa shape index (κ2) is 9.37. The van der Waals surface area contributed by atoms with E-state index in [1.807, 2.05) is 31.2 Å². The molecule has 0 radical (unpaired) electrons. The summed E-state index contributed by atoms with van der Waals surface area (Å²) in [4.78, 5) is 12.5. The van der Waals surface area contributed by atoms with Gasteiger partial charge in [-0.3, -0.25) is 4.79 Å². The highest BCUT2D eigenvalue weighted by atomic mass is 32.2. The minimum absolute atomic E-state index is 0.0617. The maximum atomic E-state index is 12.4. The average Bonchev–Trinajstić information content (AvgIpc) is 3.15. The zero-order valence-electron chi connectivity index (χ0n) is 16.5. The Morgan fingerprint density at radius 2 is 1.97 bits per heavy atom. The third-order valence-corrected chi connectivity index (χ3v) is 6.27. The largest absolute Gasteiger partial charge is 0.355 e. The predicted molar refractivity (Wildman–Crippen MR) is 114 cm³/mol. The van der Waals surface area contributed by atoms with Crippen LogP contribution in [0.4, 0.5) is 0 Å². The molecule has 1 heterocycles. The third kappa shape index (κ3) is 5.65. The van der Waals surface area contributed by atoms with Gasteiger partial charge in [-0.2, -0.15) is 4.68 Å². The van der Waals surface area contributed by atoms with Crippen LogP contribution >= 0.6 is 11.8 Å². The molecule has 0 fully saturated rings. The molecule has 0 unspecified atom stereocenters. The number of rotatable bonds is 8. The van der Waals surface area contributed by atoms with Gasteiger partial charge in [0.25, 0.3) is 0 Å². The first-order valence-electron chi connectivity index (χ1n) is 9.15. The van der Waals surface area contributed by atoms with Crippen LogP contribution < -0.4 is 10.5 Å². The molecule has 0 aliphatic heterocycles. The Bertz CT molecular complexity index is 1130. The monoisotopic (exact) mass is 446 g/mol. The molecule has 1 amide bonds. The second-order valence-electron chi connectivity index (χ2n) is 6.70. The van der Waals surface area contributed by atoms with E-state index in [1.54, 1.807) is 23.7 Å². The SMILES string of the molecule is Cc1cccc(-n2nnnc2S[C@@H](C)C(=O)NCCc2ccc(S(N)(=O)=O)cc2)c1. The lowest BCUT2D eigenvalue weighted by molar-refractivity contribution is -0.120.